The summed E-state index contributed by atoms with van der Waals surface area (Å²) < 4.78 is 27.1. The summed E-state index contributed by atoms with van der Waals surface area (Å²) in [7, 11) is 0. The third-order valence-corrected chi connectivity index (χ3v) is 3.10. The first-order valence-electron chi connectivity index (χ1n) is 6.30. The molecule has 1 rings (SSSR count). The molecule has 0 spiro atoms. The minimum Gasteiger partial charge on any atom is -0.371 e. The number of carbonyl (C=O) groups is 1. The van der Waals surface area contributed by atoms with Crippen molar-refractivity contribution in [3.63, 3.8) is 0 Å². The molecular weight excluding hydrogens is 250 g/mol. The van der Waals surface area contributed by atoms with Gasteiger partial charge in [-0.15, -0.1) is 0 Å². The lowest BCUT2D eigenvalue weighted by molar-refractivity contribution is -0.120. The maximum atomic E-state index is 13.7. The van der Waals surface area contributed by atoms with Crippen molar-refractivity contribution in [3.05, 3.63) is 29.3 Å². The predicted octanol–water partition coefficient (Wildman–Crippen LogP) is 2.85. The number of aryl methyl sites for hydroxylation is 1. The van der Waals surface area contributed by atoms with E-state index in [1.165, 1.54) is 12.1 Å². The molecule has 1 aromatic carbocycles. The molecule has 106 valence electrons. The van der Waals surface area contributed by atoms with Crippen molar-refractivity contribution in [1.29, 1.82) is 0 Å². The highest BCUT2D eigenvalue weighted by Crippen LogP contribution is 2.21. The van der Waals surface area contributed by atoms with Gasteiger partial charge in [-0.1, -0.05) is 19.9 Å². The average Bonchev–Trinajstić information content (AvgIpc) is 2.33. The lowest BCUT2D eigenvalue weighted by Gasteiger charge is -2.18. The van der Waals surface area contributed by atoms with Gasteiger partial charge >= 0.3 is 0 Å². The second kappa shape index (κ2) is 6.50. The van der Waals surface area contributed by atoms with Gasteiger partial charge < -0.3 is 10.6 Å². The normalized spacial score (nSPS) is 12.4. The highest BCUT2D eigenvalue weighted by Gasteiger charge is 2.14. The summed E-state index contributed by atoms with van der Waals surface area (Å²) in [6.07, 6.45) is 0. The molecule has 0 aliphatic carbocycles. The lowest BCUT2D eigenvalue weighted by Crippen LogP contribution is -2.39. The molecule has 0 heterocycles. The highest BCUT2D eigenvalue weighted by molar-refractivity contribution is 5.81. The molecule has 1 aromatic rings. The predicted molar refractivity (Wildman–Crippen MR) is 72.0 cm³/mol. The fourth-order valence-electron chi connectivity index (χ4n) is 1.46. The van der Waals surface area contributed by atoms with E-state index in [9.17, 15) is 13.6 Å². The highest BCUT2D eigenvalue weighted by atomic mass is 19.1. The van der Waals surface area contributed by atoms with E-state index < -0.39 is 11.6 Å². The Morgan fingerprint density at radius 1 is 1.26 bits per heavy atom. The van der Waals surface area contributed by atoms with E-state index in [-0.39, 0.29) is 24.2 Å². The second-order valence-corrected chi connectivity index (χ2v) is 5.01. The Kier molecular flexibility index (Phi) is 5.27. The van der Waals surface area contributed by atoms with Crippen LogP contribution < -0.4 is 10.6 Å². The van der Waals surface area contributed by atoms with Crippen molar-refractivity contribution >= 4 is 11.6 Å². The smallest absolute Gasteiger partial charge is 0.239 e. The molecule has 3 nitrogen and oxygen atoms in total. The first-order valence-corrected chi connectivity index (χ1v) is 6.30. The Bertz CT molecular complexity index is 461. The number of hydrogen-bond acceptors (Lipinski definition) is 2. The summed E-state index contributed by atoms with van der Waals surface area (Å²) in [4.78, 5) is 11.6. The number of hydrogen-bond donors (Lipinski definition) is 2. The van der Waals surface area contributed by atoms with E-state index in [0.717, 1.165) is 0 Å². The van der Waals surface area contributed by atoms with Crippen LogP contribution in [0.15, 0.2) is 12.1 Å². The van der Waals surface area contributed by atoms with Crippen LogP contribution >= 0.6 is 0 Å². The summed E-state index contributed by atoms with van der Waals surface area (Å²) in [6.45, 7) is 7.24. The Morgan fingerprint density at radius 2 is 1.89 bits per heavy atom. The maximum absolute atomic E-state index is 13.7. The van der Waals surface area contributed by atoms with E-state index in [4.69, 9.17) is 0 Å². The van der Waals surface area contributed by atoms with Crippen molar-refractivity contribution in [3.8, 4) is 0 Å². The number of carbonyl (C=O) groups excluding carboxylic acids is 1. The Morgan fingerprint density at radius 3 is 2.47 bits per heavy atom. The van der Waals surface area contributed by atoms with Crippen LogP contribution in [-0.2, 0) is 4.79 Å². The van der Waals surface area contributed by atoms with Crippen LogP contribution in [0.25, 0.3) is 0 Å². The van der Waals surface area contributed by atoms with Crippen molar-refractivity contribution in [2.75, 3.05) is 11.9 Å². The van der Waals surface area contributed by atoms with Crippen molar-refractivity contribution in [2.45, 2.75) is 33.7 Å². The molecule has 0 radical (unpaired) electrons. The lowest BCUT2D eigenvalue weighted by atomic mass is 10.1. The third-order valence-electron chi connectivity index (χ3n) is 3.10. The molecule has 1 unspecified atom stereocenters. The number of benzene rings is 1. The summed E-state index contributed by atoms with van der Waals surface area (Å²) in [5.41, 5.74) is 0.0761. The van der Waals surface area contributed by atoms with Crippen LogP contribution in [0.3, 0.4) is 0 Å². The van der Waals surface area contributed by atoms with Crippen LogP contribution in [0.5, 0.6) is 0 Å². The summed E-state index contributed by atoms with van der Waals surface area (Å²) in [5, 5.41) is 5.26. The standard InChI is InChI=1S/C14H20F2N2O/c1-8(2)10(4)18-12(19)7-17-14-11(15)6-5-9(3)13(14)16/h5-6,8,10,17H,7H2,1-4H3,(H,18,19). The largest absolute Gasteiger partial charge is 0.371 e. The number of rotatable bonds is 5. The molecule has 0 aliphatic heterocycles. The van der Waals surface area contributed by atoms with E-state index >= 15 is 0 Å². The topological polar surface area (TPSA) is 41.1 Å². The van der Waals surface area contributed by atoms with Gasteiger partial charge in [-0.05, 0) is 31.4 Å². The van der Waals surface area contributed by atoms with Gasteiger partial charge in [0.25, 0.3) is 0 Å². The third kappa shape index (κ3) is 4.19. The van der Waals surface area contributed by atoms with Gasteiger partial charge in [-0.2, -0.15) is 0 Å². The molecule has 1 atom stereocenters. The molecule has 0 saturated heterocycles. The monoisotopic (exact) mass is 270 g/mol. The molecule has 0 aliphatic rings. The van der Waals surface area contributed by atoms with Crippen LogP contribution in [-0.4, -0.2) is 18.5 Å². The number of halogens is 2. The minimum absolute atomic E-state index is 0.0153. The zero-order chi connectivity index (χ0) is 14.6. The Hall–Kier alpha value is -1.65. The van der Waals surface area contributed by atoms with Crippen molar-refractivity contribution in [2.24, 2.45) is 5.92 Å². The molecule has 5 heteroatoms. The first kappa shape index (κ1) is 15.4. The van der Waals surface area contributed by atoms with E-state index in [1.54, 1.807) is 6.92 Å². The Labute approximate surface area is 112 Å². The van der Waals surface area contributed by atoms with Gasteiger partial charge in [0.2, 0.25) is 5.91 Å². The van der Waals surface area contributed by atoms with Crippen LogP contribution in [0.2, 0.25) is 0 Å². The van der Waals surface area contributed by atoms with Crippen LogP contribution in [0.1, 0.15) is 26.3 Å². The SMILES string of the molecule is Cc1ccc(F)c(NCC(=O)NC(C)C(C)C)c1F. The molecule has 0 saturated carbocycles. The summed E-state index contributed by atoms with van der Waals surface area (Å²) in [5.74, 6) is -1.35. The second-order valence-electron chi connectivity index (χ2n) is 5.01. The Balaban J connectivity index is 2.63. The molecule has 0 aromatic heterocycles. The molecule has 1 amide bonds. The number of amides is 1. The maximum Gasteiger partial charge on any atom is 0.239 e. The number of anilines is 1. The van der Waals surface area contributed by atoms with Gasteiger partial charge in [0, 0.05) is 6.04 Å². The quantitative estimate of drug-likeness (QED) is 0.863. The average molecular weight is 270 g/mol. The fraction of sp³-hybridized carbons (Fsp3) is 0.500. The molecular formula is C14H20F2N2O. The summed E-state index contributed by atoms with van der Waals surface area (Å²) >= 11 is 0. The zero-order valence-corrected chi connectivity index (χ0v) is 11.7. The van der Waals surface area contributed by atoms with E-state index in [1.807, 2.05) is 20.8 Å². The van der Waals surface area contributed by atoms with Gasteiger partial charge in [0.1, 0.15) is 11.5 Å². The van der Waals surface area contributed by atoms with Gasteiger partial charge in [-0.3, -0.25) is 4.79 Å². The van der Waals surface area contributed by atoms with Gasteiger partial charge in [-0.25, -0.2) is 8.78 Å². The molecule has 0 fully saturated rings. The van der Waals surface area contributed by atoms with Crippen molar-refractivity contribution < 1.29 is 13.6 Å². The van der Waals surface area contributed by atoms with Crippen LogP contribution in [0, 0.1) is 24.5 Å². The molecule has 19 heavy (non-hydrogen) atoms. The fourth-order valence-corrected chi connectivity index (χ4v) is 1.46. The minimum atomic E-state index is -0.701. The van der Waals surface area contributed by atoms with Gasteiger partial charge in [0.15, 0.2) is 5.82 Å². The van der Waals surface area contributed by atoms with E-state index in [0.29, 0.717) is 11.5 Å². The van der Waals surface area contributed by atoms with Crippen molar-refractivity contribution in [1.82, 2.24) is 5.32 Å². The first-order chi connectivity index (χ1) is 8.82. The van der Waals surface area contributed by atoms with Gasteiger partial charge in [0.05, 0.1) is 6.54 Å². The van der Waals surface area contributed by atoms with E-state index in [2.05, 4.69) is 10.6 Å². The zero-order valence-electron chi connectivity index (χ0n) is 11.7. The number of nitrogens with one attached hydrogen (secondary N) is 2. The summed E-state index contributed by atoms with van der Waals surface area (Å²) in [6, 6.07) is 2.55. The van der Waals surface area contributed by atoms with Crippen LogP contribution in [0.4, 0.5) is 14.5 Å². The molecule has 2 N–H and O–H groups in total. The molecule has 0 bridgehead atoms.